The van der Waals surface area contributed by atoms with E-state index in [0.29, 0.717) is 14.5 Å². The summed E-state index contributed by atoms with van der Waals surface area (Å²) in [5.74, 6) is 0. The van der Waals surface area contributed by atoms with Crippen molar-refractivity contribution in [3.05, 3.63) is 19.5 Å². The molecule has 0 atom stereocenters. The van der Waals surface area contributed by atoms with E-state index in [0.717, 1.165) is 0 Å². The van der Waals surface area contributed by atoms with Crippen molar-refractivity contribution in [2.24, 2.45) is 0 Å². The van der Waals surface area contributed by atoms with Crippen LogP contribution in [-0.2, 0) is 0 Å². The molecule has 3 heteroatoms. The predicted octanol–water partition coefficient (Wildman–Crippen LogP) is -0.454. The third kappa shape index (κ3) is 1.91. The summed E-state index contributed by atoms with van der Waals surface area (Å²) in [6.07, 6.45) is 0. The molecule has 0 amide bonds. The van der Waals surface area contributed by atoms with Gasteiger partial charge in [-0.2, -0.15) is 0 Å². The van der Waals surface area contributed by atoms with Gasteiger partial charge in [-0.25, -0.2) is 0 Å². The molecule has 0 aromatic carbocycles. The second-order valence-corrected chi connectivity index (χ2v) is 5.80. The number of aryl methyl sites for hydroxylation is 1. The molecular weight excluding hydrogens is 309 g/mol. The summed E-state index contributed by atoms with van der Waals surface area (Å²) in [4.78, 5) is 2.23. The molecule has 1 heterocycles. The van der Waals surface area contributed by atoms with Gasteiger partial charge in [-0.1, -0.05) is 0 Å². The van der Waals surface area contributed by atoms with Crippen LogP contribution in [-0.4, -0.2) is 46.1 Å². The van der Waals surface area contributed by atoms with Crippen molar-refractivity contribution in [3.8, 4) is 0 Å². The summed E-state index contributed by atoms with van der Waals surface area (Å²) in [5, 5.41) is 0. The van der Waals surface area contributed by atoms with Crippen LogP contribution in [0.25, 0.3) is 0 Å². The minimum absolute atomic E-state index is 0.591. The van der Waals surface area contributed by atoms with Gasteiger partial charge in [0.2, 0.25) is 0 Å². The molecule has 0 saturated carbocycles. The first-order chi connectivity index (χ1) is 4.22. The van der Waals surface area contributed by atoms with Crippen LogP contribution >= 0.6 is 0 Å². The van der Waals surface area contributed by atoms with Gasteiger partial charge in [0.15, 0.2) is 0 Å². The maximum absolute atomic E-state index is 3.05. The average Bonchev–Trinajstić information content (AvgIpc) is 1.83. The van der Waals surface area contributed by atoms with Crippen molar-refractivity contribution in [1.29, 1.82) is 0 Å². The van der Waals surface area contributed by atoms with E-state index in [1.54, 1.807) is 0 Å². The Labute approximate surface area is 76.6 Å². The second kappa shape index (κ2) is 3.34. The fourth-order valence-corrected chi connectivity index (χ4v) is 3.71. The quantitative estimate of drug-likeness (QED) is 0.569. The Morgan fingerprint density at radius 3 is 2.78 bits per heavy atom. The van der Waals surface area contributed by atoms with E-state index in [1.807, 2.05) is 0 Å². The molecule has 0 bridgehead atoms. The average molecular weight is 314 g/mol. The van der Waals surface area contributed by atoms with Crippen molar-refractivity contribution in [1.82, 2.24) is 0 Å². The summed E-state index contributed by atoms with van der Waals surface area (Å²) < 4.78 is 4.05. The first-order valence-corrected chi connectivity index (χ1v) is 6.03. The molecule has 0 unspecified atom stereocenters. The first kappa shape index (κ1) is 8.01. The zero-order valence-corrected chi connectivity index (χ0v) is 10.0. The van der Waals surface area contributed by atoms with E-state index in [1.165, 1.54) is 13.0 Å². The molecule has 9 heavy (non-hydrogen) atoms. The Morgan fingerprint density at radius 1 is 1.67 bits per heavy atom. The Bertz CT molecular complexity index is 261. The van der Waals surface area contributed by atoms with Crippen LogP contribution < -0.4 is 4.46 Å². The summed E-state index contributed by atoms with van der Waals surface area (Å²) in [5.41, 5.74) is 0. The van der Waals surface area contributed by atoms with Crippen LogP contribution in [0.2, 0.25) is 0 Å². The molecule has 1 aromatic rings. The monoisotopic (exact) mass is 317 g/mol. The molecule has 1 rings (SSSR count). The van der Waals surface area contributed by atoms with E-state index in [4.69, 9.17) is 0 Å². The molecule has 0 aliphatic rings. The van der Waals surface area contributed by atoms with Crippen LogP contribution in [0.3, 0.4) is 0 Å². The summed E-state index contributed by atoms with van der Waals surface area (Å²) in [6, 6.07) is 2.14. The fraction of sp³-hybridized carbons (Fsp3) is 0.167. The third-order valence-corrected chi connectivity index (χ3v) is 5.88. The van der Waals surface area contributed by atoms with Crippen LogP contribution in [0, 0.1) is 11.0 Å². The number of rotatable bonds is 0. The Hall–Kier alpha value is 0.908. The molecule has 0 fully saturated rings. The van der Waals surface area contributed by atoms with Crippen LogP contribution in [0.4, 0.5) is 0 Å². The molecule has 0 aliphatic heterocycles. The standard InChI is InChI=1S/C6H6Se3/c1-4-6(8)5(7)2-3-9-4/h2-3,8H,1H3/p-1. The van der Waals surface area contributed by atoms with Gasteiger partial charge < -0.3 is 0 Å². The molecule has 48 valence electrons. The van der Waals surface area contributed by atoms with E-state index < -0.39 is 0 Å². The van der Waals surface area contributed by atoms with Gasteiger partial charge in [-0.15, -0.1) is 0 Å². The van der Waals surface area contributed by atoms with Crippen LogP contribution in [0.1, 0.15) is 4.44 Å². The normalized spacial score (nSPS) is 9.44. The van der Waals surface area contributed by atoms with Crippen molar-refractivity contribution in [2.75, 3.05) is 0 Å². The van der Waals surface area contributed by atoms with Crippen molar-refractivity contribution in [3.63, 3.8) is 0 Å². The van der Waals surface area contributed by atoms with Gasteiger partial charge in [0.25, 0.3) is 0 Å². The minimum atomic E-state index is 0.591. The maximum atomic E-state index is 3.05. The van der Waals surface area contributed by atoms with Crippen molar-refractivity contribution < 1.29 is 0 Å². The SMILES string of the molecule is Cc1[se]ccc(=[Se])c1[Se-]. The van der Waals surface area contributed by atoms with Gasteiger partial charge in [0.05, 0.1) is 0 Å². The topological polar surface area (TPSA) is 0 Å². The van der Waals surface area contributed by atoms with Gasteiger partial charge in [-0.3, -0.25) is 0 Å². The molecule has 0 saturated heterocycles. The fourth-order valence-electron chi connectivity index (χ4n) is 0.501. The second-order valence-electron chi connectivity index (χ2n) is 1.67. The molecular formula is C6H5Se3-. The predicted molar refractivity (Wildman–Crippen MR) is 42.5 cm³/mol. The summed E-state index contributed by atoms with van der Waals surface area (Å²) in [7, 11) is 0. The summed E-state index contributed by atoms with van der Waals surface area (Å²) in [6.45, 7) is 2.17. The van der Waals surface area contributed by atoms with E-state index in [-0.39, 0.29) is 0 Å². The molecule has 0 radical (unpaired) electrons. The van der Waals surface area contributed by atoms with Gasteiger partial charge in [0.1, 0.15) is 0 Å². The van der Waals surface area contributed by atoms with Crippen molar-refractivity contribution >= 4 is 50.6 Å². The van der Waals surface area contributed by atoms with Crippen LogP contribution in [0.5, 0.6) is 0 Å². The van der Waals surface area contributed by atoms with Gasteiger partial charge in [0, 0.05) is 0 Å². The van der Waals surface area contributed by atoms with Crippen LogP contribution in [0.15, 0.2) is 11.0 Å². The third-order valence-electron chi connectivity index (χ3n) is 1.01. The molecule has 0 spiro atoms. The van der Waals surface area contributed by atoms with Gasteiger partial charge in [-0.05, 0) is 0 Å². The molecule has 0 nitrogen and oxygen atoms in total. The Kier molecular flexibility index (Phi) is 2.98. The van der Waals surface area contributed by atoms with Gasteiger partial charge >= 0.3 is 77.0 Å². The molecule has 0 N–H and O–H groups in total. The zero-order chi connectivity index (χ0) is 6.85. The van der Waals surface area contributed by atoms with E-state index in [2.05, 4.69) is 49.5 Å². The number of hydrogen-bond donors (Lipinski definition) is 0. The molecule has 1 aromatic heterocycles. The van der Waals surface area contributed by atoms with E-state index >= 15 is 0 Å². The number of hydrogen-bond acceptors (Lipinski definition) is 0. The van der Waals surface area contributed by atoms with E-state index in [9.17, 15) is 0 Å². The Balaban J connectivity index is 3.43. The summed E-state index contributed by atoms with van der Waals surface area (Å²) >= 11 is 6.66. The van der Waals surface area contributed by atoms with Crippen molar-refractivity contribution in [2.45, 2.75) is 6.92 Å². The molecule has 0 aliphatic carbocycles. The first-order valence-electron chi connectivity index (χ1n) is 2.47. The Morgan fingerprint density at radius 2 is 2.33 bits per heavy atom. The zero-order valence-electron chi connectivity index (χ0n) is 4.88.